The number of rotatable bonds is 10. The summed E-state index contributed by atoms with van der Waals surface area (Å²) in [6.45, 7) is 3.18. The van der Waals surface area contributed by atoms with Crippen molar-refractivity contribution in [1.29, 1.82) is 0 Å². The number of benzene rings is 1. The van der Waals surface area contributed by atoms with E-state index in [0.29, 0.717) is 30.7 Å². The summed E-state index contributed by atoms with van der Waals surface area (Å²) in [4.78, 5) is 29.6. The lowest BCUT2D eigenvalue weighted by molar-refractivity contribution is -0.134. The van der Waals surface area contributed by atoms with Crippen molar-refractivity contribution in [2.45, 2.75) is 49.5 Å². The summed E-state index contributed by atoms with van der Waals surface area (Å²) < 4.78 is 29.8. The van der Waals surface area contributed by atoms with Crippen molar-refractivity contribution in [2.24, 2.45) is 5.92 Å². The second-order valence-electron chi connectivity index (χ2n) is 8.32. The number of hydrogen-bond donors (Lipinski definition) is 2. The molecule has 2 aromatic rings. The zero-order chi connectivity index (χ0) is 24.7. The summed E-state index contributed by atoms with van der Waals surface area (Å²) >= 11 is 6.90. The fourth-order valence-corrected chi connectivity index (χ4v) is 6.15. The molecule has 1 aromatic heterocycles. The smallest absolute Gasteiger partial charge is 0.323 e. The number of nitrogens with one attached hydrogen (secondary N) is 1. The van der Waals surface area contributed by atoms with Crippen LogP contribution in [0, 0.1) is 5.92 Å². The van der Waals surface area contributed by atoms with E-state index in [1.807, 2.05) is 18.2 Å². The summed E-state index contributed by atoms with van der Waals surface area (Å²) in [5.74, 6) is -1.87. The summed E-state index contributed by atoms with van der Waals surface area (Å²) in [7, 11) is -4.01. The van der Waals surface area contributed by atoms with E-state index in [1.165, 1.54) is 0 Å². The minimum Gasteiger partial charge on any atom is -0.480 e. The number of aliphatic carboxylic acids is 1. The van der Waals surface area contributed by atoms with Crippen molar-refractivity contribution in [3.63, 3.8) is 0 Å². The van der Waals surface area contributed by atoms with Crippen LogP contribution in [0.25, 0.3) is 0 Å². The number of anilines is 1. The molecule has 12 heteroatoms. The lowest BCUT2D eigenvalue weighted by Crippen LogP contribution is -2.46. The van der Waals surface area contributed by atoms with Gasteiger partial charge in [-0.15, -0.1) is 0 Å². The second-order valence-corrected chi connectivity index (χ2v) is 12.0. The van der Waals surface area contributed by atoms with E-state index in [1.54, 1.807) is 11.0 Å². The Labute approximate surface area is 208 Å². The highest BCUT2D eigenvalue weighted by Gasteiger charge is 2.29. The lowest BCUT2D eigenvalue weighted by atomic mass is 9.86. The Morgan fingerprint density at radius 2 is 1.97 bits per heavy atom. The van der Waals surface area contributed by atoms with Gasteiger partial charge in [0.2, 0.25) is 0 Å². The molecule has 9 nitrogen and oxygen atoms in total. The quantitative estimate of drug-likeness (QED) is 0.440. The average molecular weight is 530 g/mol. The molecule has 2 amide bonds. The van der Waals surface area contributed by atoms with Gasteiger partial charge in [-0.05, 0) is 43.2 Å². The van der Waals surface area contributed by atoms with Gasteiger partial charge in [-0.25, -0.2) is 18.2 Å². The number of ether oxygens (including phenoxy) is 1. The minimum atomic E-state index is -4.01. The van der Waals surface area contributed by atoms with Crippen LogP contribution in [0.2, 0.25) is 5.02 Å². The van der Waals surface area contributed by atoms with Crippen molar-refractivity contribution < 1.29 is 27.9 Å². The number of carboxylic acid groups (broad SMARTS) is 1. The van der Waals surface area contributed by atoms with Gasteiger partial charge in [-0.1, -0.05) is 48.1 Å². The van der Waals surface area contributed by atoms with Crippen molar-refractivity contribution in [1.82, 2.24) is 9.88 Å². The van der Waals surface area contributed by atoms with Gasteiger partial charge in [0.05, 0.1) is 19.4 Å². The fourth-order valence-electron chi connectivity index (χ4n) is 3.82. The summed E-state index contributed by atoms with van der Waals surface area (Å²) in [5, 5.41) is 12.2. The van der Waals surface area contributed by atoms with Gasteiger partial charge in [0.1, 0.15) is 4.21 Å². The van der Waals surface area contributed by atoms with Gasteiger partial charge < -0.3 is 14.7 Å². The molecule has 0 bridgehead atoms. The van der Waals surface area contributed by atoms with Crippen LogP contribution < -0.4 is 5.32 Å². The van der Waals surface area contributed by atoms with Gasteiger partial charge in [0, 0.05) is 17.6 Å². The van der Waals surface area contributed by atoms with E-state index in [2.05, 4.69) is 17.2 Å². The minimum absolute atomic E-state index is 0.0373. The molecular weight excluding hydrogens is 502 g/mol. The summed E-state index contributed by atoms with van der Waals surface area (Å²) in [5.41, 5.74) is 0.865. The normalized spacial score (nSPS) is 18.4. The highest BCUT2D eigenvalue weighted by Crippen LogP contribution is 2.29. The number of thiazole rings is 1. The topological polar surface area (TPSA) is 126 Å². The maximum absolute atomic E-state index is 13.1. The van der Waals surface area contributed by atoms with Crippen LogP contribution >= 0.6 is 22.9 Å². The first-order valence-corrected chi connectivity index (χ1v) is 13.8. The van der Waals surface area contributed by atoms with E-state index in [-0.39, 0.29) is 15.4 Å². The van der Waals surface area contributed by atoms with Gasteiger partial charge in [0.15, 0.2) is 20.7 Å². The van der Waals surface area contributed by atoms with Crippen LogP contribution in [-0.4, -0.2) is 60.4 Å². The second kappa shape index (κ2) is 12.0. The first kappa shape index (κ1) is 26.4. The summed E-state index contributed by atoms with van der Waals surface area (Å²) in [6, 6.07) is 7.05. The van der Waals surface area contributed by atoms with Gasteiger partial charge >= 0.3 is 12.0 Å². The van der Waals surface area contributed by atoms with Crippen LogP contribution in [0.5, 0.6) is 0 Å². The number of nitrogens with zero attached hydrogens (tertiary/aromatic N) is 2. The Hall–Kier alpha value is -2.21. The van der Waals surface area contributed by atoms with Crippen LogP contribution in [0.3, 0.4) is 0 Å². The van der Waals surface area contributed by atoms with Crippen LogP contribution in [0.1, 0.15) is 38.2 Å². The molecule has 34 heavy (non-hydrogen) atoms. The molecule has 0 atom stereocenters. The number of carbonyl (C=O) groups is 2. The van der Waals surface area contributed by atoms with Crippen LogP contribution in [0.15, 0.2) is 34.7 Å². The Bertz CT molecular complexity index is 1100. The van der Waals surface area contributed by atoms with E-state index >= 15 is 0 Å². The van der Waals surface area contributed by atoms with Gasteiger partial charge in [-0.3, -0.25) is 10.1 Å². The van der Waals surface area contributed by atoms with E-state index in [9.17, 15) is 18.0 Å². The number of carboxylic acids is 1. The van der Waals surface area contributed by atoms with Gasteiger partial charge in [-0.2, -0.15) is 0 Å². The molecule has 1 fully saturated rings. The predicted octanol–water partition coefficient (Wildman–Crippen LogP) is 4.28. The number of halogens is 1. The maximum Gasteiger partial charge on any atom is 0.323 e. The highest BCUT2D eigenvalue weighted by atomic mass is 35.5. The van der Waals surface area contributed by atoms with Crippen molar-refractivity contribution >= 4 is 49.9 Å². The molecule has 3 rings (SSSR count). The molecular formula is C22H28ClN3O6S2. The zero-order valence-corrected chi connectivity index (χ0v) is 21.2. The Morgan fingerprint density at radius 1 is 1.26 bits per heavy atom. The number of urea groups is 1. The molecule has 1 aliphatic carbocycles. The van der Waals surface area contributed by atoms with Crippen molar-refractivity contribution in [2.75, 3.05) is 24.2 Å². The fraction of sp³-hybridized carbons (Fsp3) is 0.500. The molecule has 1 aromatic carbocycles. The number of sulfone groups is 1. The Kier molecular flexibility index (Phi) is 9.29. The third-order valence-corrected chi connectivity index (χ3v) is 9.13. The largest absolute Gasteiger partial charge is 0.480 e. The number of carbonyl (C=O) groups excluding carboxylic acids is 1. The number of hydrogen-bond acceptors (Lipinski definition) is 7. The Morgan fingerprint density at radius 3 is 2.65 bits per heavy atom. The highest BCUT2D eigenvalue weighted by molar-refractivity contribution is 7.94. The zero-order valence-electron chi connectivity index (χ0n) is 18.8. The van der Waals surface area contributed by atoms with Crippen molar-refractivity contribution in [3.05, 3.63) is 41.0 Å². The maximum atomic E-state index is 13.1. The molecule has 2 N–H and O–H groups in total. The standard InChI is InChI=1S/C22H28ClN3O6S2/c1-15-6-8-17(9-7-15)26(10-11-32-13-16-4-2-3-5-18(16)23)22(29)25-21-24-12-20(33-21)34(30,31)14-19(27)28/h2-5,12,15,17H,6-11,13-14H2,1H3,(H,27,28)(H,24,25,29)/t15-,17-. The molecule has 1 aliphatic rings. The molecule has 1 saturated carbocycles. The molecule has 1 heterocycles. The third kappa shape index (κ3) is 7.39. The van der Waals surface area contributed by atoms with Crippen LogP contribution in [0.4, 0.5) is 9.93 Å². The average Bonchev–Trinajstić information content (AvgIpc) is 3.24. The first-order valence-electron chi connectivity index (χ1n) is 10.9. The van der Waals surface area contributed by atoms with Crippen LogP contribution in [-0.2, 0) is 26.0 Å². The molecule has 0 aliphatic heterocycles. The molecule has 0 radical (unpaired) electrons. The molecule has 0 saturated heterocycles. The van der Waals surface area contributed by atoms with Crippen molar-refractivity contribution in [3.8, 4) is 0 Å². The summed E-state index contributed by atoms with van der Waals surface area (Å²) in [6.07, 6.45) is 4.84. The molecule has 0 unspecified atom stereocenters. The van der Waals surface area contributed by atoms with E-state index < -0.39 is 27.6 Å². The predicted molar refractivity (Wildman–Crippen MR) is 130 cm³/mol. The SMILES string of the molecule is C[C@H]1CC[C@H](N(CCOCc2ccccc2Cl)C(=O)Nc2ncc(S(=O)(=O)CC(=O)O)s2)CC1. The molecule has 186 valence electrons. The lowest BCUT2D eigenvalue weighted by Gasteiger charge is -2.36. The number of amides is 2. The van der Waals surface area contributed by atoms with Gasteiger partial charge in [0.25, 0.3) is 0 Å². The number of aromatic nitrogens is 1. The van der Waals surface area contributed by atoms with E-state index in [0.717, 1.165) is 48.8 Å². The first-order chi connectivity index (χ1) is 16.2. The Balaban J connectivity index is 1.64. The third-order valence-electron chi connectivity index (χ3n) is 5.70. The monoisotopic (exact) mass is 529 g/mol. The molecule has 0 spiro atoms. The van der Waals surface area contributed by atoms with E-state index in [4.69, 9.17) is 21.4 Å².